The van der Waals surface area contributed by atoms with E-state index in [1.54, 1.807) is 0 Å². The van der Waals surface area contributed by atoms with Gasteiger partial charge in [0.2, 0.25) is 0 Å². The predicted octanol–water partition coefficient (Wildman–Crippen LogP) is 2.50. The van der Waals surface area contributed by atoms with Crippen LogP contribution in [0.25, 0.3) is 0 Å². The largest absolute Gasteiger partial charge is 0.129 e. The van der Waals surface area contributed by atoms with E-state index in [2.05, 4.69) is 35.2 Å². The second-order valence-electron chi connectivity index (χ2n) is 1.27. The van der Waals surface area contributed by atoms with E-state index in [0.717, 1.165) is 11.8 Å². The number of halogens is 1. The average Bonchev–Trinajstić information content (AvgIpc) is 1.72. The molecular weight excluding hydrogens is 152 g/mol. The van der Waals surface area contributed by atoms with Gasteiger partial charge in [0.25, 0.3) is 0 Å². The molecule has 0 rings (SSSR count). The van der Waals surface area contributed by atoms with Gasteiger partial charge in [0.15, 0.2) is 0 Å². The van der Waals surface area contributed by atoms with E-state index in [1.165, 1.54) is 5.57 Å². The number of hydrogen-bond acceptors (Lipinski definition) is 0. The van der Waals surface area contributed by atoms with Gasteiger partial charge in [-0.25, -0.2) is 0 Å². The third-order valence-corrected chi connectivity index (χ3v) is 1.51. The second kappa shape index (κ2) is 4.17. The van der Waals surface area contributed by atoms with Crippen LogP contribution in [0.4, 0.5) is 0 Å². The molecule has 40 valence electrons. The molecule has 0 spiro atoms. The first-order valence-corrected chi connectivity index (χ1v) is 3.41. The van der Waals surface area contributed by atoms with Crippen molar-refractivity contribution in [2.45, 2.75) is 13.3 Å². The first-order valence-electron chi connectivity index (χ1n) is 2.29. The van der Waals surface area contributed by atoms with Crippen LogP contribution < -0.4 is 0 Å². The molecule has 0 fully saturated rings. The van der Waals surface area contributed by atoms with Crippen LogP contribution in [0.15, 0.2) is 17.9 Å². The fourth-order valence-corrected chi connectivity index (χ4v) is 0.861. The highest BCUT2D eigenvalue weighted by Crippen LogP contribution is 2.00. The maximum absolute atomic E-state index is 3.51. The summed E-state index contributed by atoms with van der Waals surface area (Å²) in [7, 11) is 0. The molecule has 0 radical (unpaired) electrons. The molecule has 0 unspecified atom stereocenters. The van der Waals surface area contributed by atoms with Gasteiger partial charge in [-0.15, -0.1) is 5.73 Å². The van der Waals surface area contributed by atoms with Crippen molar-refractivity contribution in [1.82, 2.24) is 0 Å². The molecule has 0 atom stereocenters. The maximum Gasteiger partial charge on any atom is 0.0317 e. The van der Waals surface area contributed by atoms with Crippen molar-refractivity contribution >= 4 is 15.9 Å². The monoisotopic (exact) mass is 160 g/mol. The molecule has 0 aromatic rings. The molecule has 1 heteroatoms. The van der Waals surface area contributed by atoms with Crippen LogP contribution in [0, 0.1) is 0 Å². The fraction of sp³-hybridized carbons (Fsp3) is 0.500. The molecule has 0 amide bonds. The Morgan fingerprint density at radius 2 is 2.43 bits per heavy atom. The second-order valence-corrected chi connectivity index (χ2v) is 1.83. The SMILES string of the molecule is C=C=C(CC)CBr. The van der Waals surface area contributed by atoms with Gasteiger partial charge in [-0.05, 0) is 12.0 Å². The minimum Gasteiger partial charge on any atom is -0.129 e. The summed E-state index contributed by atoms with van der Waals surface area (Å²) in [5, 5.41) is 0.910. The minimum absolute atomic E-state index is 0.910. The Hall–Kier alpha value is 0. The Bertz CT molecular complexity index is 82.4. The van der Waals surface area contributed by atoms with Gasteiger partial charge in [-0.1, -0.05) is 29.4 Å². The minimum atomic E-state index is 0.910. The van der Waals surface area contributed by atoms with Crippen molar-refractivity contribution in [2.75, 3.05) is 5.33 Å². The van der Waals surface area contributed by atoms with Crippen molar-refractivity contribution < 1.29 is 0 Å². The van der Waals surface area contributed by atoms with Crippen LogP contribution in [0.3, 0.4) is 0 Å². The van der Waals surface area contributed by atoms with Gasteiger partial charge >= 0.3 is 0 Å². The Kier molecular flexibility index (Phi) is 4.17. The van der Waals surface area contributed by atoms with Gasteiger partial charge in [0.05, 0.1) is 0 Å². The van der Waals surface area contributed by atoms with Crippen LogP contribution in [-0.2, 0) is 0 Å². The molecule has 0 aliphatic rings. The quantitative estimate of drug-likeness (QED) is 0.431. The lowest BCUT2D eigenvalue weighted by Gasteiger charge is -1.87. The number of alkyl halides is 1. The zero-order chi connectivity index (χ0) is 5.70. The molecule has 0 nitrogen and oxygen atoms in total. The van der Waals surface area contributed by atoms with Crippen LogP contribution in [-0.4, -0.2) is 5.33 Å². The smallest absolute Gasteiger partial charge is 0.0317 e. The lowest BCUT2D eigenvalue weighted by Crippen LogP contribution is -1.75. The summed E-state index contributed by atoms with van der Waals surface area (Å²) >= 11 is 3.30. The average molecular weight is 161 g/mol. The van der Waals surface area contributed by atoms with Gasteiger partial charge in [-0.3, -0.25) is 0 Å². The Labute approximate surface area is 53.1 Å². The molecular formula is C6H9Br. The zero-order valence-corrected chi connectivity index (χ0v) is 6.09. The van der Waals surface area contributed by atoms with E-state index in [1.807, 2.05) is 0 Å². The van der Waals surface area contributed by atoms with Crippen LogP contribution in [0.2, 0.25) is 0 Å². The van der Waals surface area contributed by atoms with Gasteiger partial charge in [0.1, 0.15) is 0 Å². The molecule has 0 aliphatic carbocycles. The zero-order valence-electron chi connectivity index (χ0n) is 4.50. The van der Waals surface area contributed by atoms with Crippen molar-refractivity contribution in [3.8, 4) is 0 Å². The summed E-state index contributed by atoms with van der Waals surface area (Å²) in [5.74, 6) is 0. The van der Waals surface area contributed by atoms with Crippen molar-refractivity contribution in [3.05, 3.63) is 17.9 Å². The molecule has 0 heterocycles. The third-order valence-electron chi connectivity index (χ3n) is 0.838. The third kappa shape index (κ3) is 2.67. The highest BCUT2D eigenvalue weighted by atomic mass is 79.9. The highest BCUT2D eigenvalue weighted by Gasteiger charge is 1.83. The van der Waals surface area contributed by atoms with Crippen LogP contribution in [0.1, 0.15) is 13.3 Å². The summed E-state index contributed by atoms with van der Waals surface area (Å²) < 4.78 is 0. The lowest BCUT2D eigenvalue weighted by molar-refractivity contribution is 1.12. The predicted molar refractivity (Wildman–Crippen MR) is 36.7 cm³/mol. The molecule has 0 aromatic heterocycles. The molecule has 0 saturated heterocycles. The molecule has 0 N–H and O–H groups in total. The first-order chi connectivity index (χ1) is 3.35. The molecule has 7 heavy (non-hydrogen) atoms. The number of rotatable bonds is 2. The lowest BCUT2D eigenvalue weighted by atomic mass is 10.3. The standard InChI is InChI=1S/C6H9Br/c1-3-6(4-2)5-7/h1,4-5H2,2H3. The van der Waals surface area contributed by atoms with E-state index in [-0.39, 0.29) is 0 Å². The number of allylic oxidation sites excluding steroid dienone is 1. The number of hydrogen-bond donors (Lipinski definition) is 0. The molecule has 0 aliphatic heterocycles. The molecule has 0 aromatic carbocycles. The van der Waals surface area contributed by atoms with E-state index in [0.29, 0.717) is 0 Å². The maximum atomic E-state index is 3.51. The highest BCUT2D eigenvalue weighted by molar-refractivity contribution is 9.09. The van der Waals surface area contributed by atoms with Crippen molar-refractivity contribution in [3.63, 3.8) is 0 Å². The molecule has 0 bridgehead atoms. The van der Waals surface area contributed by atoms with Gasteiger partial charge in [0, 0.05) is 5.33 Å². The topological polar surface area (TPSA) is 0 Å². The Balaban J connectivity index is 3.61. The van der Waals surface area contributed by atoms with Crippen LogP contribution in [0.5, 0.6) is 0 Å². The van der Waals surface area contributed by atoms with Gasteiger partial charge in [-0.2, -0.15) is 0 Å². The normalized spacial score (nSPS) is 7.71. The summed E-state index contributed by atoms with van der Waals surface area (Å²) in [4.78, 5) is 0. The van der Waals surface area contributed by atoms with E-state index in [9.17, 15) is 0 Å². The summed E-state index contributed by atoms with van der Waals surface area (Å²) in [6.07, 6.45) is 1.05. The van der Waals surface area contributed by atoms with Crippen molar-refractivity contribution in [1.29, 1.82) is 0 Å². The van der Waals surface area contributed by atoms with Gasteiger partial charge < -0.3 is 0 Å². The molecule has 0 saturated carbocycles. The fourth-order valence-electron chi connectivity index (χ4n) is 0.267. The van der Waals surface area contributed by atoms with E-state index < -0.39 is 0 Å². The summed E-state index contributed by atoms with van der Waals surface area (Å²) in [6.45, 7) is 5.60. The van der Waals surface area contributed by atoms with Crippen molar-refractivity contribution in [2.24, 2.45) is 0 Å². The van der Waals surface area contributed by atoms with Crippen LogP contribution >= 0.6 is 15.9 Å². The summed E-state index contributed by atoms with van der Waals surface area (Å²) in [5.41, 5.74) is 4.06. The Morgan fingerprint density at radius 1 is 1.86 bits per heavy atom. The first kappa shape index (κ1) is 7.00. The Morgan fingerprint density at radius 3 is 2.43 bits per heavy atom. The summed E-state index contributed by atoms with van der Waals surface area (Å²) in [6, 6.07) is 0. The van der Waals surface area contributed by atoms with E-state index in [4.69, 9.17) is 0 Å². The van der Waals surface area contributed by atoms with E-state index >= 15 is 0 Å².